The van der Waals surface area contributed by atoms with Crippen molar-refractivity contribution in [1.82, 2.24) is 4.98 Å². The first-order valence-electron chi connectivity index (χ1n) is 4.65. The number of hydrogen-bond donors (Lipinski definition) is 3. The van der Waals surface area contributed by atoms with Crippen LogP contribution in [-0.2, 0) is 4.79 Å². The third-order valence-corrected chi connectivity index (χ3v) is 3.25. The monoisotopic (exact) mass is 268 g/mol. The molecular formula is C10H8N2O3S2. The van der Waals surface area contributed by atoms with Gasteiger partial charge in [0.05, 0.1) is 21.5 Å². The summed E-state index contributed by atoms with van der Waals surface area (Å²) in [6.45, 7) is 0. The second-order valence-corrected chi connectivity index (χ2v) is 4.56. The molecular weight excluding hydrogens is 260 g/mol. The number of carboxylic acid groups (broad SMARTS) is 1. The molecule has 0 bridgehead atoms. The molecule has 0 radical (unpaired) electrons. The zero-order chi connectivity index (χ0) is 12.4. The molecule has 0 fully saturated rings. The smallest absolute Gasteiger partial charge is 0.335 e. The van der Waals surface area contributed by atoms with Crippen LogP contribution < -0.4 is 5.32 Å². The minimum absolute atomic E-state index is 0.0797. The average molecular weight is 268 g/mol. The quantitative estimate of drug-likeness (QED) is 0.742. The molecule has 88 valence electrons. The van der Waals surface area contributed by atoms with Crippen molar-refractivity contribution in [2.75, 3.05) is 11.1 Å². The van der Waals surface area contributed by atoms with Crippen LogP contribution in [0.2, 0.25) is 0 Å². The molecule has 1 heterocycles. The van der Waals surface area contributed by atoms with Crippen molar-refractivity contribution in [1.29, 1.82) is 0 Å². The fourth-order valence-electron chi connectivity index (χ4n) is 1.27. The number of aromatic carboxylic acids is 1. The van der Waals surface area contributed by atoms with E-state index in [9.17, 15) is 9.59 Å². The van der Waals surface area contributed by atoms with Gasteiger partial charge >= 0.3 is 5.97 Å². The number of nitrogens with zero attached hydrogens (tertiary/aromatic N) is 1. The van der Waals surface area contributed by atoms with Crippen LogP contribution in [0, 0.1) is 0 Å². The highest BCUT2D eigenvalue weighted by atomic mass is 32.1. The molecule has 17 heavy (non-hydrogen) atoms. The van der Waals surface area contributed by atoms with Gasteiger partial charge in [-0.25, -0.2) is 9.78 Å². The van der Waals surface area contributed by atoms with E-state index in [-0.39, 0.29) is 17.2 Å². The van der Waals surface area contributed by atoms with E-state index in [1.54, 1.807) is 6.07 Å². The molecule has 1 aromatic heterocycles. The number of thiazole rings is 1. The number of thiol groups is 1. The maximum atomic E-state index is 11.1. The lowest BCUT2D eigenvalue weighted by atomic mass is 10.2. The number of carboxylic acids is 1. The predicted molar refractivity (Wildman–Crippen MR) is 69.1 cm³/mol. The summed E-state index contributed by atoms with van der Waals surface area (Å²) < 4.78 is 0.722. The minimum Gasteiger partial charge on any atom is -0.478 e. The Kier molecular flexibility index (Phi) is 3.30. The van der Waals surface area contributed by atoms with E-state index in [0.29, 0.717) is 10.6 Å². The molecule has 0 spiro atoms. The number of nitrogens with one attached hydrogen (secondary N) is 1. The van der Waals surface area contributed by atoms with Crippen LogP contribution in [0.25, 0.3) is 10.2 Å². The summed E-state index contributed by atoms with van der Waals surface area (Å²) in [6.07, 6.45) is 0. The van der Waals surface area contributed by atoms with Crippen molar-refractivity contribution in [3.05, 3.63) is 23.8 Å². The van der Waals surface area contributed by atoms with E-state index in [0.717, 1.165) is 4.70 Å². The van der Waals surface area contributed by atoms with E-state index in [1.165, 1.54) is 23.5 Å². The summed E-state index contributed by atoms with van der Waals surface area (Å²) in [7, 11) is 0. The summed E-state index contributed by atoms with van der Waals surface area (Å²) in [5.41, 5.74) is 0.864. The second-order valence-electron chi connectivity index (χ2n) is 3.21. The zero-order valence-electron chi connectivity index (χ0n) is 8.51. The van der Waals surface area contributed by atoms with E-state index in [4.69, 9.17) is 5.11 Å². The number of fused-ring (bicyclic) bond motifs is 1. The third kappa shape index (κ3) is 2.56. The normalized spacial score (nSPS) is 10.4. The highest BCUT2D eigenvalue weighted by Crippen LogP contribution is 2.26. The average Bonchev–Trinajstić information content (AvgIpc) is 2.69. The van der Waals surface area contributed by atoms with Gasteiger partial charge in [-0.2, -0.15) is 12.6 Å². The first-order valence-corrected chi connectivity index (χ1v) is 6.09. The topological polar surface area (TPSA) is 79.3 Å². The van der Waals surface area contributed by atoms with E-state index in [1.807, 2.05) is 0 Å². The summed E-state index contributed by atoms with van der Waals surface area (Å²) in [6, 6.07) is 4.63. The SMILES string of the molecule is O=C(CS)Nc1nc2ccc(C(=O)O)cc2s1. The zero-order valence-corrected chi connectivity index (χ0v) is 10.2. The Hall–Kier alpha value is -1.60. The van der Waals surface area contributed by atoms with Crippen molar-refractivity contribution >= 4 is 51.2 Å². The van der Waals surface area contributed by atoms with E-state index in [2.05, 4.69) is 22.9 Å². The van der Waals surface area contributed by atoms with Crippen LogP contribution in [0.5, 0.6) is 0 Å². The van der Waals surface area contributed by atoms with Crippen LogP contribution in [0.15, 0.2) is 18.2 Å². The third-order valence-electron chi connectivity index (χ3n) is 2.03. The molecule has 2 N–H and O–H groups in total. The summed E-state index contributed by atoms with van der Waals surface area (Å²) in [5.74, 6) is -1.15. The molecule has 2 aromatic rings. The molecule has 0 aliphatic carbocycles. The molecule has 7 heteroatoms. The molecule has 1 amide bonds. The summed E-state index contributed by atoms with van der Waals surface area (Å²) >= 11 is 5.07. The maximum Gasteiger partial charge on any atom is 0.335 e. The predicted octanol–water partition coefficient (Wildman–Crippen LogP) is 1.86. The molecule has 0 unspecified atom stereocenters. The lowest BCUT2D eigenvalue weighted by Crippen LogP contribution is -2.12. The van der Waals surface area contributed by atoms with Crippen molar-refractivity contribution in [2.24, 2.45) is 0 Å². The molecule has 0 aliphatic rings. The molecule has 0 atom stereocenters. The molecule has 1 aromatic carbocycles. The number of carbonyl (C=O) groups is 2. The standard InChI is InChI=1S/C10H8N2O3S2/c13-8(4-16)12-10-11-6-2-1-5(9(14)15)3-7(6)17-10/h1-3,16H,4H2,(H,14,15)(H,11,12,13). The van der Waals surface area contributed by atoms with Gasteiger partial charge in [0.25, 0.3) is 0 Å². The second kappa shape index (κ2) is 4.72. The Morgan fingerprint density at radius 3 is 2.88 bits per heavy atom. The molecule has 5 nitrogen and oxygen atoms in total. The van der Waals surface area contributed by atoms with Gasteiger partial charge in [-0.15, -0.1) is 0 Å². The largest absolute Gasteiger partial charge is 0.478 e. The van der Waals surface area contributed by atoms with Crippen molar-refractivity contribution in [3.8, 4) is 0 Å². The Balaban J connectivity index is 2.37. The summed E-state index contributed by atoms with van der Waals surface area (Å²) in [5, 5.41) is 11.9. The van der Waals surface area contributed by atoms with Crippen molar-refractivity contribution in [3.63, 3.8) is 0 Å². The number of carbonyl (C=O) groups excluding carboxylic acids is 1. The van der Waals surface area contributed by atoms with Gasteiger partial charge in [0.15, 0.2) is 5.13 Å². The number of anilines is 1. The van der Waals surface area contributed by atoms with Crippen LogP contribution >= 0.6 is 24.0 Å². The molecule has 2 rings (SSSR count). The fraction of sp³-hybridized carbons (Fsp3) is 0.100. The molecule has 0 saturated heterocycles. The lowest BCUT2D eigenvalue weighted by molar-refractivity contribution is -0.113. The van der Waals surface area contributed by atoms with Crippen molar-refractivity contribution in [2.45, 2.75) is 0 Å². The maximum absolute atomic E-state index is 11.1. The first-order chi connectivity index (χ1) is 8.10. The number of amides is 1. The van der Waals surface area contributed by atoms with Gasteiger partial charge in [-0.1, -0.05) is 11.3 Å². The summed E-state index contributed by atoms with van der Waals surface area (Å²) in [4.78, 5) is 26.1. The van der Waals surface area contributed by atoms with Crippen LogP contribution in [0.1, 0.15) is 10.4 Å². The van der Waals surface area contributed by atoms with Gasteiger partial charge in [-0.3, -0.25) is 4.79 Å². The molecule has 0 saturated carbocycles. The van der Waals surface area contributed by atoms with Gasteiger partial charge in [0.2, 0.25) is 5.91 Å². The Labute approximate surface area is 106 Å². The number of rotatable bonds is 3. The first kappa shape index (κ1) is 11.9. The van der Waals surface area contributed by atoms with Gasteiger partial charge in [0, 0.05) is 0 Å². The highest BCUT2D eigenvalue weighted by molar-refractivity contribution is 7.81. The Morgan fingerprint density at radius 1 is 1.47 bits per heavy atom. The van der Waals surface area contributed by atoms with Gasteiger partial charge < -0.3 is 10.4 Å². The van der Waals surface area contributed by atoms with Gasteiger partial charge in [0.1, 0.15) is 0 Å². The van der Waals surface area contributed by atoms with E-state index >= 15 is 0 Å². The Bertz CT molecular complexity index is 594. The van der Waals surface area contributed by atoms with Crippen LogP contribution in [0.3, 0.4) is 0 Å². The van der Waals surface area contributed by atoms with Gasteiger partial charge in [-0.05, 0) is 18.2 Å². The van der Waals surface area contributed by atoms with E-state index < -0.39 is 5.97 Å². The fourth-order valence-corrected chi connectivity index (χ4v) is 2.27. The minimum atomic E-state index is -0.985. The molecule has 0 aliphatic heterocycles. The highest BCUT2D eigenvalue weighted by Gasteiger charge is 2.09. The lowest BCUT2D eigenvalue weighted by Gasteiger charge is -1.94. The number of benzene rings is 1. The number of aromatic nitrogens is 1. The Morgan fingerprint density at radius 2 is 2.24 bits per heavy atom. The van der Waals surface area contributed by atoms with Crippen molar-refractivity contribution < 1.29 is 14.7 Å². The van der Waals surface area contributed by atoms with Crippen LogP contribution in [0.4, 0.5) is 5.13 Å². The van der Waals surface area contributed by atoms with Crippen LogP contribution in [-0.4, -0.2) is 27.7 Å². The number of hydrogen-bond acceptors (Lipinski definition) is 5.